The summed E-state index contributed by atoms with van der Waals surface area (Å²) in [7, 11) is 0. The van der Waals surface area contributed by atoms with Crippen LogP contribution in [0, 0.1) is 23.7 Å². The second-order valence-corrected chi connectivity index (χ2v) is 8.70. The minimum Gasteiger partial charge on any atom is -0.335 e. The quantitative estimate of drug-likeness (QED) is 0.857. The standard InChI is InChI=1S/C22H28N2O/c25-22(23-21-19-11-15-10-16(13-19)14-20(21)12-15)24-8-6-18(7-9-24)17-4-2-1-3-5-17/h1-6,15-16,19-21H,7-14H2,(H,23,25). The summed E-state index contributed by atoms with van der Waals surface area (Å²) < 4.78 is 0. The molecule has 132 valence electrons. The van der Waals surface area contributed by atoms with Crippen LogP contribution in [0.1, 0.15) is 44.1 Å². The lowest BCUT2D eigenvalue weighted by atomic mass is 9.54. The molecule has 0 radical (unpaired) electrons. The molecule has 5 aliphatic rings. The molecule has 1 aromatic rings. The first kappa shape index (κ1) is 15.5. The van der Waals surface area contributed by atoms with Crippen LogP contribution in [0.5, 0.6) is 0 Å². The molecule has 0 spiro atoms. The first-order valence-electron chi connectivity index (χ1n) is 10.1. The maximum atomic E-state index is 12.8. The normalized spacial score (nSPS) is 36.2. The van der Waals surface area contributed by atoms with Gasteiger partial charge < -0.3 is 10.2 Å². The molecule has 4 bridgehead atoms. The van der Waals surface area contributed by atoms with Gasteiger partial charge in [0.2, 0.25) is 0 Å². The number of amides is 2. The van der Waals surface area contributed by atoms with Crippen molar-refractivity contribution in [3.8, 4) is 0 Å². The summed E-state index contributed by atoms with van der Waals surface area (Å²) in [5, 5.41) is 3.44. The Morgan fingerprint density at radius 2 is 1.64 bits per heavy atom. The Hall–Kier alpha value is -1.77. The minimum atomic E-state index is 0.167. The van der Waals surface area contributed by atoms with E-state index in [4.69, 9.17) is 0 Å². The van der Waals surface area contributed by atoms with Gasteiger partial charge in [-0.25, -0.2) is 4.79 Å². The van der Waals surface area contributed by atoms with Crippen LogP contribution >= 0.6 is 0 Å². The van der Waals surface area contributed by atoms with E-state index in [1.165, 1.54) is 43.2 Å². The van der Waals surface area contributed by atoms with Crippen molar-refractivity contribution in [3.05, 3.63) is 42.0 Å². The Morgan fingerprint density at radius 1 is 0.960 bits per heavy atom. The third-order valence-corrected chi connectivity index (χ3v) is 7.16. The highest BCUT2D eigenvalue weighted by Gasteiger charge is 2.48. The van der Waals surface area contributed by atoms with Crippen LogP contribution in [-0.4, -0.2) is 30.1 Å². The Morgan fingerprint density at radius 3 is 2.24 bits per heavy atom. The summed E-state index contributed by atoms with van der Waals surface area (Å²) in [4.78, 5) is 14.8. The third-order valence-electron chi connectivity index (χ3n) is 7.16. The number of carbonyl (C=O) groups excluding carboxylic acids is 1. The van der Waals surface area contributed by atoms with Gasteiger partial charge in [-0.05, 0) is 73.3 Å². The number of hydrogen-bond acceptors (Lipinski definition) is 1. The van der Waals surface area contributed by atoms with Crippen molar-refractivity contribution < 1.29 is 4.79 Å². The fraction of sp³-hybridized carbons (Fsp3) is 0.591. The summed E-state index contributed by atoms with van der Waals surface area (Å²) in [5.41, 5.74) is 2.67. The fourth-order valence-corrected chi connectivity index (χ4v) is 6.16. The Bertz CT molecular complexity index is 653. The van der Waals surface area contributed by atoms with Crippen molar-refractivity contribution in [2.45, 2.75) is 44.6 Å². The molecule has 1 heterocycles. The molecule has 0 unspecified atom stereocenters. The van der Waals surface area contributed by atoms with Gasteiger partial charge in [0.25, 0.3) is 0 Å². The lowest BCUT2D eigenvalue weighted by molar-refractivity contribution is -0.0109. The molecule has 0 atom stereocenters. The Balaban J connectivity index is 1.22. The van der Waals surface area contributed by atoms with Gasteiger partial charge in [0.15, 0.2) is 0 Å². The number of carbonyl (C=O) groups is 1. The summed E-state index contributed by atoms with van der Waals surface area (Å²) in [6.07, 6.45) is 10.1. The molecular weight excluding hydrogens is 308 g/mol. The van der Waals surface area contributed by atoms with E-state index in [0.29, 0.717) is 6.04 Å². The molecule has 4 aliphatic carbocycles. The van der Waals surface area contributed by atoms with Gasteiger partial charge in [0.1, 0.15) is 0 Å². The van der Waals surface area contributed by atoms with Gasteiger partial charge in [-0.1, -0.05) is 36.4 Å². The third kappa shape index (κ3) is 2.88. The molecule has 2 amide bonds. The predicted molar refractivity (Wildman–Crippen MR) is 100.0 cm³/mol. The smallest absolute Gasteiger partial charge is 0.317 e. The van der Waals surface area contributed by atoms with Crippen molar-refractivity contribution in [2.24, 2.45) is 23.7 Å². The summed E-state index contributed by atoms with van der Waals surface area (Å²) in [6, 6.07) is 11.2. The number of benzene rings is 1. The Labute approximate surface area is 150 Å². The molecule has 0 saturated heterocycles. The zero-order valence-electron chi connectivity index (χ0n) is 14.9. The van der Waals surface area contributed by atoms with E-state index < -0.39 is 0 Å². The van der Waals surface area contributed by atoms with Crippen molar-refractivity contribution in [1.29, 1.82) is 0 Å². The van der Waals surface area contributed by atoms with Crippen LogP contribution in [-0.2, 0) is 0 Å². The van der Waals surface area contributed by atoms with Crippen LogP contribution < -0.4 is 5.32 Å². The SMILES string of the molecule is O=C(NC1C2CC3CC(C2)CC1C3)N1CC=C(c2ccccc2)CC1. The average molecular weight is 336 g/mol. The van der Waals surface area contributed by atoms with Gasteiger partial charge in [0, 0.05) is 19.1 Å². The highest BCUT2D eigenvalue weighted by atomic mass is 16.2. The highest BCUT2D eigenvalue weighted by molar-refractivity contribution is 5.77. The number of urea groups is 1. The highest BCUT2D eigenvalue weighted by Crippen LogP contribution is 2.53. The molecule has 6 rings (SSSR count). The number of nitrogens with zero attached hydrogens (tertiary/aromatic N) is 1. The number of hydrogen-bond donors (Lipinski definition) is 1. The maximum absolute atomic E-state index is 12.8. The van der Waals surface area contributed by atoms with Gasteiger partial charge in [0.05, 0.1) is 0 Å². The summed E-state index contributed by atoms with van der Waals surface area (Å²) in [5.74, 6) is 3.42. The van der Waals surface area contributed by atoms with Crippen LogP contribution in [0.3, 0.4) is 0 Å². The first-order chi connectivity index (χ1) is 12.3. The zero-order chi connectivity index (χ0) is 16.8. The molecule has 1 aliphatic heterocycles. The van der Waals surface area contributed by atoms with E-state index in [1.807, 2.05) is 4.90 Å². The van der Waals surface area contributed by atoms with Crippen LogP contribution in [0.25, 0.3) is 5.57 Å². The van der Waals surface area contributed by atoms with E-state index in [0.717, 1.165) is 43.2 Å². The topological polar surface area (TPSA) is 32.3 Å². The van der Waals surface area contributed by atoms with Crippen LogP contribution in [0.4, 0.5) is 4.79 Å². The summed E-state index contributed by atoms with van der Waals surface area (Å²) >= 11 is 0. The monoisotopic (exact) mass is 336 g/mol. The lowest BCUT2D eigenvalue weighted by Crippen LogP contribution is -2.58. The molecule has 1 N–H and O–H groups in total. The van der Waals surface area contributed by atoms with Crippen LogP contribution in [0.2, 0.25) is 0 Å². The molecular formula is C22H28N2O. The number of nitrogens with one attached hydrogen (secondary N) is 1. The lowest BCUT2D eigenvalue weighted by Gasteiger charge is -2.54. The maximum Gasteiger partial charge on any atom is 0.317 e. The molecule has 3 nitrogen and oxygen atoms in total. The first-order valence-corrected chi connectivity index (χ1v) is 10.1. The molecule has 0 aromatic heterocycles. The second-order valence-electron chi connectivity index (χ2n) is 8.70. The minimum absolute atomic E-state index is 0.167. The summed E-state index contributed by atoms with van der Waals surface area (Å²) in [6.45, 7) is 1.57. The molecule has 1 aromatic carbocycles. The predicted octanol–water partition coefficient (Wildman–Crippen LogP) is 4.31. The molecule has 4 fully saturated rings. The van der Waals surface area contributed by atoms with Crippen molar-refractivity contribution >= 4 is 11.6 Å². The Kier molecular flexibility index (Phi) is 3.83. The fourth-order valence-electron chi connectivity index (χ4n) is 6.16. The zero-order valence-corrected chi connectivity index (χ0v) is 14.9. The van der Waals surface area contributed by atoms with E-state index in [1.54, 1.807) is 0 Å². The van der Waals surface area contributed by atoms with E-state index in [2.05, 4.69) is 41.7 Å². The van der Waals surface area contributed by atoms with E-state index >= 15 is 0 Å². The largest absolute Gasteiger partial charge is 0.335 e. The van der Waals surface area contributed by atoms with Crippen molar-refractivity contribution in [2.75, 3.05) is 13.1 Å². The molecule has 25 heavy (non-hydrogen) atoms. The van der Waals surface area contributed by atoms with Crippen LogP contribution in [0.15, 0.2) is 36.4 Å². The van der Waals surface area contributed by atoms with Gasteiger partial charge >= 0.3 is 6.03 Å². The molecule has 4 saturated carbocycles. The van der Waals surface area contributed by atoms with Crippen molar-refractivity contribution in [1.82, 2.24) is 10.2 Å². The van der Waals surface area contributed by atoms with E-state index in [9.17, 15) is 4.79 Å². The second kappa shape index (κ2) is 6.19. The average Bonchev–Trinajstić information content (AvgIpc) is 2.65. The van der Waals surface area contributed by atoms with Crippen molar-refractivity contribution in [3.63, 3.8) is 0 Å². The van der Waals surface area contributed by atoms with Gasteiger partial charge in [-0.15, -0.1) is 0 Å². The van der Waals surface area contributed by atoms with E-state index in [-0.39, 0.29) is 6.03 Å². The number of rotatable bonds is 2. The van der Waals surface area contributed by atoms with Gasteiger partial charge in [-0.3, -0.25) is 0 Å². The molecule has 3 heteroatoms. The van der Waals surface area contributed by atoms with Gasteiger partial charge in [-0.2, -0.15) is 0 Å².